The van der Waals surface area contributed by atoms with Crippen molar-refractivity contribution >= 4 is 35.0 Å². The molecule has 2 aliphatic rings. The number of carbonyl (C=O) groups excluding carboxylic acids is 4. The molecule has 1 aromatic carbocycles. The second-order valence-electron chi connectivity index (χ2n) is 14.6. The number of benzene rings is 1. The number of nitrogens with zero attached hydrogens (tertiary/aromatic N) is 5. The molecule has 1 aliphatic heterocycles. The summed E-state index contributed by atoms with van der Waals surface area (Å²) < 4.78 is 1.54. The van der Waals surface area contributed by atoms with E-state index in [0.29, 0.717) is 29.5 Å². The fraction of sp³-hybridized carbons (Fsp3) is 0.583. The van der Waals surface area contributed by atoms with Crippen LogP contribution in [0.2, 0.25) is 0 Å². The van der Waals surface area contributed by atoms with Crippen LogP contribution in [0.5, 0.6) is 0 Å². The lowest BCUT2D eigenvalue weighted by Gasteiger charge is -2.35. The van der Waals surface area contributed by atoms with Crippen LogP contribution in [0.3, 0.4) is 0 Å². The Morgan fingerprint density at radius 1 is 0.959 bits per heavy atom. The third kappa shape index (κ3) is 9.11. The minimum atomic E-state index is -0.611. The lowest BCUT2D eigenvalue weighted by atomic mass is 9.86. The molecule has 2 aromatic heterocycles. The third-order valence-corrected chi connectivity index (χ3v) is 10.5. The largest absolute Gasteiger partial charge is 0.350 e. The number of carbonyl (C=O) groups is 4. The predicted octanol–water partition coefficient (Wildman–Crippen LogP) is 4.52. The second kappa shape index (κ2) is 15.6. The van der Waals surface area contributed by atoms with E-state index in [-0.39, 0.29) is 54.9 Å². The summed E-state index contributed by atoms with van der Waals surface area (Å²) in [5, 5.41) is 16.2. The first-order valence-electron chi connectivity index (χ1n) is 17.4. The molecule has 5 rings (SSSR count). The Kier molecular flexibility index (Phi) is 11.5. The molecule has 3 N–H and O–H groups in total. The first-order chi connectivity index (χ1) is 23.3. The Balaban J connectivity index is 1.55. The number of fused-ring (bicyclic) bond motifs is 3. The molecule has 13 heteroatoms. The predicted molar refractivity (Wildman–Crippen MR) is 187 cm³/mol. The zero-order valence-corrected chi connectivity index (χ0v) is 30.3. The number of thiazole rings is 1. The monoisotopic (exact) mass is 690 g/mol. The Bertz CT molecular complexity index is 1630. The zero-order chi connectivity index (χ0) is 35.3. The van der Waals surface area contributed by atoms with Crippen LogP contribution in [0.25, 0.3) is 0 Å². The first-order valence-corrected chi connectivity index (χ1v) is 18.3. The number of hydrogen-bond donors (Lipinski definition) is 3. The fourth-order valence-electron chi connectivity index (χ4n) is 6.81. The van der Waals surface area contributed by atoms with Gasteiger partial charge in [0.05, 0.1) is 18.6 Å². The summed E-state index contributed by atoms with van der Waals surface area (Å²) in [6, 6.07) is 8.28. The zero-order valence-electron chi connectivity index (χ0n) is 29.5. The van der Waals surface area contributed by atoms with Crippen LogP contribution < -0.4 is 16.0 Å². The Labute approximate surface area is 292 Å². The number of amides is 4. The highest BCUT2D eigenvalue weighted by Crippen LogP contribution is 2.39. The van der Waals surface area contributed by atoms with Crippen molar-refractivity contribution in [3.8, 4) is 0 Å². The van der Waals surface area contributed by atoms with Crippen molar-refractivity contribution in [2.75, 3.05) is 13.1 Å². The molecule has 0 saturated heterocycles. The van der Waals surface area contributed by atoms with Crippen LogP contribution >= 0.6 is 11.3 Å². The number of hydrogen-bond acceptors (Lipinski definition) is 8. The van der Waals surface area contributed by atoms with Gasteiger partial charge in [-0.15, -0.1) is 11.3 Å². The highest BCUT2D eigenvalue weighted by molar-refractivity contribution is 7.09. The maximum Gasteiger partial charge on any atom is 0.271 e. The van der Waals surface area contributed by atoms with E-state index in [1.54, 1.807) is 21.9 Å². The van der Waals surface area contributed by atoms with Gasteiger partial charge in [-0.25, -0.2) is 14.6 Å². The molecule has 0 spiro atoms. The molecule has 2 bridgehead atoms. The Morgan fingerprint density at radius 2 is 1.65 bits per heavy atom. The van der Waals surface area contributed by atoms with Crippen LogP contribution in [0, 0.1) is 24.2 Å². The summed E-state index contributed by atoms with van der Waals surface area (Å²) in [7, 11) is 0. The van der Waals surface area contributed by atoms with Gasteiger partial charge in [0, 0.05) is 23.4 Å². The van der Waals surface area contributed by atoms with Crippen molar-refractivity contribution in [3.05, 3.63) is 63.6 Å². The molecule has 0 unspecified atom stereocenters. The van der Waals surface area contributed by atoms with E-state index in [1.165, 1.54) is 11.3 Å². The minimum Gasteiger partial charge on any atom is -0.350 e. The van der Waals surface area contributed by atoms with Gasteiger partial charge in [-0.3, -0.25) is 19.2 Å². The third-order valence-electron chi connectivity index (χ3n) is 9.51. The molecule has 3 aromatic rings. The van der Waals surface area contributed by atoms with E-state index in [2.05, 4.69) is 39.9 Å². The lowest BCUT2D eigenvalue weighted by Crippen LogP contribution is -2.54. The summed E-state index contributed by atoms with van der Waals surface area (Å²) >= 11 is 1.32. The molecule has 0 radical (unpaired) electrons. The molecule has 1 aliphatic carbocycles. The van der Waals surface area contributed by atoms with Crippen LogP contribution in [0.1, 0.15) is 112 Å². The van der Waals surface area contributed by atoms with Gasteiger partial charge in [0.2, 0.25) is 17.7 Å². The SMILES string of the molecule is Cc1nc2n(n1)CC(=O)N[C@@H](C(C)C)CN(C(=O)C1(C)CCCC1)CC(=O)N[C@@H](CC(C)C)c1nc(cs1)C(=O)N[C@H]2Cc1ccccc1. The van der Waals surface area contributed by atoms with Crippen LogP contribution in [-0.2, 0) is 27.3 Å². The quantitative estimate of drug-likeness (QED) is 0.344. The number of aromatic nitrogens is 4. The summed E-state index contributed by atoms with van der Waals surface area (Å²) in [6.07, 6.45) is 4.49. The maximum absolute atomic E-state index is 14.1. The smallest absolute Gasteiger partial charge is 0.271 e. The van der Waals surface area contributed by atoms with Crippen molar-refractivity contribution < 1.29 is 19.2 Å². The van der Waals surface area contributed by atoms with Gasteiger partial charge in [0.25, 0.3) is 5.91 Å². The molecule has 1 fully saturated rings. The summed E-state index contributed by atoms with van der Waals surface area (Å²) in [6.45, 7) is 11.8. The Hall–Kier alpha value is -4.13. The summed E-state index contributed by atoms with van der Waals surface area (Å²) in [5.74, 6) is 0.0543. The van der Waals surface area contributed by atoms with Gasteiger partial charge in [0.15, 0.2) is 5.82 Å². The first kappa shape index (κ1) is 36.2. The van der Waals surface area contributed by atoms with Crippen LogP contribution in [0.4, 0.5) is 0 Å². The highest BCUT2D eigenvalue weighted by Gasteiger charge is 2.41. The van der Waals surface area contributed by atoms with E-state index in [4.69, 9.17) is 4.98 Å². The highest BCUT2D eigenvalue weighted by atomic mass is 32.1. The van der Waals surface area contributed by atoms with E-state index in [1.807, 2.05) is 51.1 Å². The number of rotatable bonds is 6. The minimum absolute atomic E-state index is 0.0335. The fourth-order valence-corrected chi connectivity index (χ4v) is 7.67. The molecule has 3 heterocycles. The van der Waals surface area contributed by atoms with Crippen LogP contribution in [0.15, 0.2) is 35.7 Å². The standard InChI is InChI=1S/C36H50N8O4S/c1-22(2)16-27-34-41-29(21-49-34)33(47)40-26(17-25-12-8-7-9-13-25)32-37-24(5)42-44(32)20-31(46)39-28(23(3)4)18-43(19-30(45)38-27)35(48)36(6)14-10-11-15-36/h7-9,12-13,21-23,26-28H,10-11,14-20H2,1-6H3,(H,38,45)(H,39,46)(H,40,47)/t26-,27-,28+/m0/s1. The van der Waals surface area contributed by atoms with Gasteiger partial charge >= 0.3 is 0 Å². The van der Waals surface area contributed by atoms with Crippen LogP contribution in [-0.4, -0.2) is 67.4 Å². The number of aryl methyl sites for hydroxylation is 1. The van der Waals surface area contributed by atoms with Crippen molar-refractivity contribution in [1.82, 2.24) is 40.6 Å². The van der Waals surface area contributed by atoms with Crippen molar-refractivity contribution in [3.63, 3.8) is 0 Å². The van der Waals surface area contributed by atoms with Gasteiger partial charge in [-0.05, 0) is 50.0 Å². The normalized spacial score (nSPS) is 22.2. The summed E-state index contributed by atoms with van der Waals surface area (Å²) in [4.78, 5) is 66.4. The molecular weight excluding hydrogens is 641 g/mol. The van der Waals surface area contributed by atoms with E-state index in [0.717, 1.165) is 31.2 Å². The molecule has 4 amide bonds. The van der Waals surface area contributed by atoms with Crippen molar-refractivity contribution in [2.45, 2.75) is 105 Å². The average molecular weight is 691 g/mol. The van der Waals surface area contributed by atoms with Crippen molar-refractivity contribution in [2.24, 2.45) is 17.3 Å². The molecule has 264 valence electrons. The Morgan fingerprint density at radius 3 is 2.33 bits per heavy atom. The van der Waals surface area contributed by atoms with Gasteiger partial charge in [0.1, 0.15) is 23.1 Å². The molecule has 3 atom stereocenters. The molecule has 1 saturated carbocycles. The van der Waals surface area contributed by atoms with E-state index >= 15 is 0 Å². The number of nitrogens with one attached hydrogen (secondary N) is 3. The molecular formula is C36H50N8O4S. The van der Waals surface area contributed by atoms with Gasteiger partial charge < -0.3 is 20.9 Å². The molecule has 49 heavy (non-hydrogen) atoms. The second-order valence-corrected chi connectivity index (χ2v) is 15.5. The van der Waals surface area contributed by atoms with Gasteiger partial charge in [-0.2, -0.15) is 5.10 Å². The van der Waals surface area contributed by atoms with E-state index < -0.39 is 29.4 Å². The van der Waals surface area contributed by atoms with Crippen molar-refractivity contribution in [1.29, 1.82) is 0 Å². The van der Waals surface area contributed by atoms with E-state index in [9.17, 15) is 19.2 Å². The maximum atomic E-state index is 14.1. The average Bonchev–Trinajstić information content (AvgIpc) is 3.80. The van der Waals surface area contributed by atoms with Gasteiger partial charge in [-0.1, -0.05) is 77.8 Å². The molecule has 12 nitrogen and oxygen atoms in total. The summed E-state index contributed by atoms with van der Waals surface area (Å²) in [5.41, 5.74) is 0.651. The lowest BCUT2D eigenvalue weighted by molar-refractivity contribution is -0.145. The topological polar surface area (TPSA) is 151 Å².